The van der Waals surface area contributed by atoms with Gasteiger partial charge in [-0.15, -0.1) is 0 Å². The molecule has 0 aliphatic carbocycles. The molecule has 0 fully saturated rings. The second kappa shape index (κ2) is 6.28. The molecule has 1 aromatic carbocycles. The van der Waals surface area contributed by atoms with Crippen molar-refractivity contribution in [1.29, 1.82) is 0 Å². The van der Waals surface area contributed by atoms with Crippen LogP contribution in [0.1, 0.15) is 17.7 Å². The summed E-state index contributed by atoms with van der Waals surface area (Å²) in [5, 5.41) is 9.71. The van der Waals surface area contributed by atoms with Crippen LogP contribution in [-0.4, -0.2) is 39.3 Å². The zero-order valence-corrected chi connectivity index (χ0v) is 12.3. The van der Waals surface area contributed by atoms with Gasteiger partial charge in [-0.05, 0) is 12.5 Å². The van der Waals surface area contributed by atoms with Gasteiger partial charge in [0.1, 0.15) is 5.75 Å². The van der Waals surface area contributed by atoms with Gasteiger partial charge in [-0.25, -0.2) is 4.98 Å². The molecule has 1 aliphatic rings. The summed E-state index contributed by atoms with van der Waals surface area (Å²) in [4.78, 5) is 6.52. The Hall–Kier alpha value is -1.85. The molecule has 0 amide bonds. The topological polar surface area (TPSA) is 50.5 Å². The van der Waals surface area contributed by atoms with Crippen LogP contribution in [0.15, 0.2) is 36.8 Å². The van der Waals surface area contributed by atoms with E-state index in [2.05, 4.69) is 20.5 Å². The van der Waals surface area contributed by atoms with Crippen LogP contribution in [0.2, 0.25) is 0 Å². The lowest BCUT2D eigenvalue weighted by atomic mass is 10.1. The summed E-state index contributed by atoms with van der Waals surface area (Å²) in [6.07, 6.45) is 4.71. The highest BCUT2D eigenvalue weighted by atomic mass is 16.5. The summed E-state index contributed by atoms with van der Waals surface area (Å²) in [5.41, 5.74) is 2.34. The summed E-state index contributed by atoms with van der Waals surface area (Å²) in [6, 6.07) is 8.22. The number of nitrogens with zero attached hydrogens (tertiary/aromatic N) is 3. The van der Waals surface area contributed by atoms with Gasteiger partial charge in [-0.2, -0.15) is 0 Å². The highest BCUT2D eigenvalue weighted by Crippen LogP contribution is 2.24. The third kappa shape index (κ3) is 2.94. The van der Waals surface area contributed by atoms with Crippen LogP contribution in [0.25, 0.3) is 0 Å². The number of ether oxygens (including phenoxy) is 1. The third-order valence-electron chi connectivity index (χ3n) is 4.16. The van der Waals surface area contributed by atoms with Crippen molar-refractivity contribution in [1.82, 2.24) is 14.5 Å². The molecule has 0 saturated carbocycles. The molecule has 1 aromatic heterocycles. The van der Waals surface area contributed by atoms with Crippen LogP contribution in [0.4, 0.5) is 0 Å². The average molecular weight is 287 g/mol. The van der Waals surface area contributed by atoms with Crippen molar-refractivity contribution in [3.05, 3.63) is 48.0 Å². The van der Waals surface area contributed by atoms with Gasteiger partial charge < -0.3 is 14.4 Å². The molecule has 1 atom stereocenters. The monoisotopic (exact) mass is 287 g/mol. The Balaban J connectivity index is 1.84. The van der Waals surface area contributed by atoms with Gasteiger partial charge in [0.2, 0.25) is 0 Å². The maximum absolute atomic E-state index is 9.71. The van der Waals surface area contributed by atoms with E-state index < -0.39 is 0 Å². The second-order valence-corrected chi connectivity index (χ2v) is 5.42. The lowest BCUT2D eigenvalue weighted by Crippen LogP contribution is -2.36. The van der Waals surface area contributed by atoms with E-state index in [1.165, 1.54) is 5.69 Å². The first kappa shape index (κ1) is 14.1. The average Bonchev–Trinajstić information content (AvgIpc) is 2.89. The first-order valence-electron chi connectivity index (χ1n) is 7.27. The van der Waals surface area contributed by atoms with E-state index in [4.69, 9.17) is 4.74 Å². The SMILES string of the molecule is COc1ccccc1CN1Cc2cncn2CCC1CO. The quantitative estimate of drug-likeness (QED) is 0.929. The van der Waals surface area contributed by atoms with E-state index in [0.717, 1.165) is 37.4 Å². The van der Waals surface area contributed by atoms with E-state index >= 15 is 0 Å². The molecule has 0 spiro atoms. The lowest BCUT2D eigenvalue weighted by Gasteiger charge is -2.28. The molecule has 3 rings (SSSR count). The standard InChI is InChI=1S/C16H21N3O2/c1-21-16-5-3-2-4-13(16)9-19-10-15-8-17-12-18(15)7-6-14(19)11-20/h2-5,8,12,14,20H,6-7,9-11H2,1H3. The predicted octanol–water partition coefficient (Wildman–Crippen LogP) is 1.66. The van der Waals surface area contributed by atoms with Gasteiger partial charge >= 0.3 is 0 Å². The first-order chi connectivity index (χ1) is 10.3. The van der Waals surface area contributed by atoms with Crippen LogP contribution in [-0.2, 0) is 19.6 Å². The Morgan fingerprint density at radius 1 is 1.38 bits per heavy atom. The highest BCUT2D eigenvalue weighted by Gasteiger charge is 2.24. The highest BCUT2D eigenvalue weighted by molar-refractivity contribution is 5.33. The number of imidazole rings is 1. The normalized spacial score (nSPS) is 19.0. The van der Waals surface area contributed by atoms with Gasteiger partial charge in [0.25, 0.3) is 0 Å². The van der Waals surface area contributed by atoms with E-state index in [9.17, 15) is 5.11 Å². The number of rotatable bonds is 4. The summed E-state index contributed by atoms with van der Waals surface area (Å²) in [6.45, 7) is 2.64. The largest absolute Gasteiger partial charge is 0.496 e. The number of fused-ring (bicyclic) bond motifs is 1. The minimum absolute atomic E-state index is 0.162. The van der Waals surface area contributed by atoms with Crippen molar-refractivity contribution >= 4 is 0 Å². The molecule has 1 aliphatic heterocycles. The number of aliphatic hydroxyl groups excluding tert-OH is 1. The smallest absolute Gasteiger partial charge is 0.123 e. The maximum atomic E-state index is 9.71. The minimum Gasteiger partial charge on any atom is -0.496 e. The van der Waals surface area contributed by atoms with Crippen LogP contribution >= 0.6 is 0 Å². The van der Waals surface area contributed by atoms with Crippen LogP contribution < -0.4 is 4.74 Å². The number of hydrogen-bond donors (Lipinski definition) is 1. The number of aromatic nitrogens is 2. The molecule has 2 aromatic rings. The summed E-state index contributed by atoms with van der Waals surface area (Å²) in [7, 11) is 1.69. The fourth-order valence-electron chi connectivity index (χ4n) is 2.93. The molecule has 5 nitrogen and oxygen atoms in total. The van der Waals surface area contributed by atoms with Crippen molar-refractivity contribution in [2.24, 2.45) is 0 Å². The fraction of sp³-hybridized carbons (Fsp3) is 0.438. The molecule has 112 valence electrons. The molecular weight excluding hydrogens is 266 g/mol. The number of aliphatic hydroxyl groups is 1. The number of methoxy groups -OCH3 is 1. The zero-order chi connectivity index (χ0) is 14.7. The molecular formula is C16H21N3O2. The molecule has 0 radical (unpaired) electrons. The Labute approximate surface area is 124 Å². The molecule has 2 heterocycles. The van der Waals surface area contributed by atoms with Gasteiger partial charge in [0.15, 0.2) is 0 Å². The first-order valence-corrected chi connectivity index (χ1v) is 7.27. The summed E-state index contributed by atoms with van der Waals surface area (Å²) < 4.78 is 7.61. The Kier molecular flexibility index (Phi) is 4.22. The van der Waals surface area contributed by atoms with E-state index in [-0.39, 0.29) is 12.6 Å². The third-order valence-corrected chi connectivity index (χ3v) is 4.16. The van der Waals surface area contributed by atoms with Crippen molar-refractivity contribution in [3.63, 3.8) is 0 Å². The molecule has 0 bridgehead atoms. The zero-order valence-electron chi connectivity index (χ0n) is 12.3. The van der Waals surface area contributed by atoms with Crippen molar-refractivity contribution in [2.75, 3.05) is 13.7 Å². The Bertz CT molecular complexity index is 597. The van der Waals surface area contributed by atoms with Gasteiger partial charge in [0, 0.05) is 37.4 Å². The minimum atomic E-state index is 0.162. The molecule has 0 saturated heterocycles. The maximum Gasteiger partial charge on any atom is 0.123 e. The number of benzene rings is 1. The van der Waals surface area contributed by atoms with E-state index in [1.54, 1.807) is 7.11 Å². The van der Waals surface area contributed by atoms with Crippen LogP contribution in [0, 0.1) is 0 Å². The summed E-state index contributed by atoms with van der Waals surface area (Å²) >= 11 is 0. The van der Waals surface area contributed by atoms with Crippen LogP contribution in [0.5, 0.6) is 5.75 Å². The second-order valence-electron chi connectivity index (χ2n) is 5.42. The molecule has 1 unspecified atom stereocenters. The van der Waals surface area contributed by atoms with E-state index in [1.807, 2.05) is 30.7 Å². The van der Waals surface area contributed by atoms with Gasteiger partial charge in [-0.1, -0.05) is 18.2 Å². The molecule has 1 N–H and O–H groups in total. The van der Waals surface area contributed by atoms with Crippen molar-refractivity contribution in [3.8, 4) is 5.75 Å². The summed E-state index contributed by atoms with van der Waals surface area (Å²) in [5.74, 6) is 0.895. The van der Waals surface area contributed by atoms with Gasteiger partial charge in [0.05, 0.1) is 25.7 Å². The molecule has 21 heavy (non-hydrogen) atoms. The number of hydrogen-bond acceptors (Lipinski definition) is 4. The number of aryl methyl sites for hydroxylation is 1. The number of para-hydroxylation sites is 1. The lowest BCUT2D eigenvalue weighted by molar-refractivity contribution is 0.107. The predicted molar refractivity (Wildman–Crippen MR) is 80.0 cm³/mol. The van der Waals surface area contributed by atoms with E-state index in [0.29, 0.717) is 0 Å². The van der Waals surface area contributed by atoms with Crippen LogP contribution in [0.3, 0.4) is 0 Å². The van der Waals surface area contributed by atoms with Gasteiger partial charge in [-0.3, -0.25) is 4.90 Å². The fourth-order valence-corrected chi connectivity index (χ4v) is 2.93. The Morgan fingerprint density at radius 3 is 3.05 bits per heavy atom. The van der Waals surface area contributed by atoms with Crippen molar-refractivity contribution < 1.29 is 9.84 Å². The Morgan fingerprint density at radius 2 is 2.24 bits per heavy atom. The van der Waals surface area contributed by atoms with Crippen molar-refractivity contribution in [2.45, 2.75) is 32.1 Å². The molecule has 5 heteroatoms.